The fourth-order valence-corrected chi connectivity index (χ4v) is 2.93. The first-order chi connectivity index (χ1) is 11.8. The number of ether oxygens (including phenoxy) is 1. The minimum Gasteiger partial charge on any atom is -0.497 e. The molecule has 1 aliphatic heterocycles. The summed E-state index contributed by atoms with van der Waals surface area (Å²) in [4.78, 5) is 2.53. The summed E-state index contributed by atoms with van der Waals surface area (Å²) in [6.45, 7) is 3.33. The first kappa shape index (κ1) is 16.5. The molecule has 24 heavy (non-hydrogen) atoms. The fraction of sp³-hybridized carbons (Fsp3) is 0.273. The van der Waals surface area contributed by atoms with Gasteiger partial charge in [0.05, 0.1) is 7.11 Å². The molecule has 3 rings (SSSR count). The van der Waals surface area contributed by atoms with Crippen LogP contribution in [-0.4, -0.2) is 31.6 Å². The molecule has 0 radical (unpaired) electrons. The van der Waals surface area contributed by atoms with Crippen molar-refractivity contribution in [2.45, 2.75) is 12.8 Å². The molecule has 0 unspecified atom stereocenters. The summed E-state index contributed by atoms with van der Waals surface area (Å²) in [5, 5.41) is 0. The van der Waals surface area contributed by atoms with E-state index in [4.69, 9.17) is 4.74 Å². The third-order valence-corrected chi connectivity index (χ3v) is 4.49. The number of hydrogen-bond acceptors (Lipinski definition) is 2. The number of allylic oxidation sites excluding steroid dienone is 1. The summed E-state index contributed by atoms with van der Waals surface area (Å²) in [5.74, 6) is 0.901. The smallest absolute Gasteiger partial charge is 0.118 e. The third kappa shape index (κ3) is 4.84. The Bertz CT molecular complexity index is 686. The lowest BCUT2D eigenvalue weighted by molar-refractivity contribution is 0.299. The molecule has 2 aromatic rings. The normalized spacial score (nSPS) is 15.5. The van der Waals surface area contributed by atoms with E-state index in [2.05, 4.69) is 65.6 Å². The molecule has 0 saturated heterocycles. The summed E-state index contributed by atoms with van der Waals surface area (Å²) >= 11 is 0. The van der Waals surface area contributed by atoms with Gasteiger partial charge in [-0.05, 0) is 41.7 Å². The van der Waals surface area contributed by atoms with Gasteiger partial charge in [-0.3, -0.25) is 4.90 Å². The van der Waals surface area contributed by atoms with Crippen LogP contribution in [0.2, 0.25) is 0 Å². The van der Waals surface area contributed by atoms with Crippen LogP contribution in [0.4, 0.5) is 0 Å². The van der Waals surface area contributed by atoms with Gasteiger partial charge in [0.1, 0.15) is 5.75 Å². The molecule has 2 aromatic carbocycles. The van der Waals surface area contributed by atoms with Crippen molar-refractivity contribution in [3.63, 3.8) is 0 Å². The zero-order valence-corrected chi connectivity index (χ0v) is 14.3. The van der Waals surface area contributed by atoms with Gasteiger partial charge in [0.2, 0.25) is 0 Å². The standard InChI is InChI=1S/C22H25NO/c1-24-22-11-9-20(10-12-22)7-8-21-14-17-23(18-15-21)16-13-19-5-3-2-4-6-19/h2-12,14H,13,15-18H2,1H3/b8-7+. The highest BCUT2D eigenvalue weighted by atomic mass is 16.5. The second kappa shape index (κ2) is 8.51. The first-order valence-electron chi connectivity index (χ1n) is 8.61. The Kier molecular flexibility index (Phi) is 5.86. The van der Waals surface area contributed by atoms with Crippen LogP contribution in [0.25, 0.3) is 6.08 Å². The Balaban J connectivity index is 1.48. The lowest BCUT2D eigenvalue weighted by atomic mass is 10.1. The molecule has 1 aliphatic rings. The van der Waals surface area contributed by atoms with Crippen molar-refractivity contribution in [2.24, 2.45) is 0 Å². The molecule has 2 heteroatoms. The minimum absolute atomic E-state index is 0.901. The van der Waals surface area contributed by atoms with Gasteiger partial charge in [0.15, 0.2) is 0 Å². The van der Waals surface area contributed by atoms with Gasteiger partial charge < -0.3 is 4.74 Å². The maximum Gasteiger partial charge on any atom is 0.118 e. The van der Waals surface area contributed by atoms with Crippen molar-refractivity contribution < 1.29 is 4.74 Å². The van der Waals surface area contributed by atoms with E-state index >= 15 is 0 Å². The number of rotatable bonds is 6. The van der Waals surface area contributed by atoms with Crippen LogP contribution in [-0.2, 0) is 6.42 Å². The van der Waals surface area contributed by atoms with E-state index in [1.807, 2.05) is 12.1 Å². The van der Waals surface area contributed by atoms with Crippen LogP contribution in [0.5, 0.6) is 5.75 Å². The lowest BCUT2D eigenvalue weighted by Crippen LogP contribution is -2.30. The predicted molar refractivity (Wildman–Crippen MR) is 101 cm³/mol. The van der Waals surface area contributed by atoms with Crippen molar-refractivity contribution in [3.8, 4) is 5.75 Å². The molecule has 0 aromatic heterocycles. The highest BCUT2D eigenvalue weighted by molar-refractivity contribution is 5.54. The summed E-state index contributed by atoms with van der Waals surface area (Å²) in [6, 6.07) is 18.9. The third-order valence-electron chi connectivity index (χ3n) is 4.49. The molecular formula is C22H25NO. The molecule has 0 atom stereocenters. The molecule has 0 aliphatic carbocycles. The molecular weight excluding hydrogens is 294 g/mol. The van der Waals surface area contributed by atoms with E-state index in [9.17, 15) is 0 Å². The van der Waals surface area contributed by atoms with Crippen molar-refractivity contribution in [3.05, 3.63) is 83.4 Å². The Hall–Kier alpha value is -2.32. The molecule has 0 saturated carbocycles. The lowest BCUT2D eigenvalue weighted by Gasteiger charge is -2.25. The van der Waals surface area contributed by atoms with Crippen LogP contribution in [0.1, 0.15) is 17.5 Å². The van der Waals surface area contributed by atoms with Gasteiger partial charge in [-0.15, -0.1) is 0 Å². The van der Waals surface area contributed by atoms with Crippen LogP contribution in [0.15, 0.2) is 72.3 Å². The molecule has 2 nitrogen and oxygen atoms in total. The van der Waals surface area contributed by atoms with Crippen LogP contribution in [0.3, 0.4) is 0 Å². The summed E-state index contributed by atoms with van der Waals surface area (Å²) in [6.07, 6.45) is 9.04. The molecule has 0 amide bonds. The maximum atomic E-state index is 5.19. The molecule has 1 heterocycles. The Morgan fingerprint density at radius 3 is 2.46 bits per heavy atom. The number of nitrogens with zero attached hydrogens (tertiary/aromatic N) is 1. The zero-order valence-electron chi connectivity index (χ0n) is 14.3. The Labute approximate surface area is 145 Å². The topological polar surface area (TPSA) is 12.5 Å². The van der Waals surface area contributed by atoms with Gasteiger partial charge in [-0.2, -0.15) is 0 Å². The van der Waals surface area contributed by atoms with Crippen LogP contribution >= 0.6 is 0 Å². The van der Waals surface area contributed by atoms with E-state index in [0.717, 1.165) is 38.2 Å². The highest BCUT2D eigenvalue weighted by Crippen LogP contribution is 2.16. The second-order valence-electron chi connectivity index (χ2n) is 6.17. The molecule has 124 valence electrons. The average molecular weight is 319 g/mol. The molecule has 0 bridgehead atoms. The van der Waals surface area contributed by atoms with E-state index in [1.165, 1.54) is 16.7 Å². The minimum atomic E-state index is 0.901. The molecule has 0 spiro atoms. The van der Waals surface area contributed by atoms with E-state index < -0.39 is 0 Å². The average Bonchev–Trinajstić information content (AvgIpc) is 2.67. The van der Waals surface area contributed by atoms with E-state index in [0.29, 0.717) is 0 Å². The Morgan fingerprint density at radius 2 is 1.79 bits per heavy atom. The van der Waals surface area contributed by atoms with Gasteiger partial charge in [0, 0.05) is 19.6 Å². The van der Waals surface area contributed by atoms with Crippen molar-refractivity contribution in [2.75, 3.05) is 26.7 Å². The monoisotopic (exact) mass is 319 g/mol. The van der Waals surface area contributed by atoms with Crippen molar-refractivity contribution in [1.29, 1.82) is 0 Å². The van der Waals surface area contributed by atoms with Crippen molar-refractivity contribution >= 4 is 6.08 Å². The number of hydrogen-bond donors (Lipinski definition) is 0. The van der Waals surface area contributed by atoms with Gasteiger partial charge in [-0.1, -0.05) is 60.7 Å². The van der Waals surface area contributed by atoms with E-state index in [-0.39, 0.29) is 0 Å². The van der Waals surface area contributed by atoms with Crippen molar-refractivity contribution in [1.82, 2.24) is 4.90 Å². The number of methoxy groups -OCH3 is 1. The zero-order chi connectivity index (χ0) is 16.6. The summed E-state index contributed by atoms with van der Waals surface area (Å²) in [5.41, 5.74) is 4.07. The first-order valence-corrected chi connectivity index (χ1v) is 8.61. The molecule has 0 fully saturated rings. The second-order valence-corrected chi connectivity index (χ2v) is 6.17. The Morgan fingerprint density at radius 1 is 1.00 bits per heavy atom. The van der Waals surface area contributed by atoms with Crippen LogP contribution in [0, 0.1) is 0 Å². The fourth-order valence-electron chi connectivity index (χ4n) is 2.93. The summed E-state index contributed by atoms with van der Waals surface area (Å²) in [7, 11) is 1.70. The highest BCUT2D eigenvalue weighted by Gasteiger charge is 2.09. The van der Waals surface area contributed by atoms with Crippen LogP contribution < -0.4 is 4.74 Å². The predicted octanol–water partition coefficient (Wildman–Crippen LogP) is 4.58. The number of benzene rings is 2. The molecule has 0 N–H and O–H groups in total. The quantitative estimate of drug-likeness (QED) is 0.772. The SMILES string of the molecule is COc1ccc(/C=C/C2=CCN(CCc3ccccc3)CC2)cc1. The van der Waals surface area contributed by atoms with E-state index in [1.54, 1.807) is 7.11 Å². The van der Waals surface area contributed by atoms with Gasteiger partial charge in [0.25, 0.3) is 0 Å². The van der Waals surface area contributed by atoms with Gasteiger partial charge >= 0.3 is 0 Å². The maximum absolute atomic E-state index is 5.19. The summed E-state index contributed by atoms with van der Waals surface area (Å²) < 4.78 is 5.19. The largest absolute Gasteiger partial charge is 0.497 e. The van der Waals surface area contributed by atoms with Gasteiger partial charge in [-0.25, -0.2) is 0 Å².